The van der Waals surface area contributed by atoms with E-state index >= 15 is 0 Å². The van der Waals surface area contributed by atoms with Gasteiger partial charge in [-0.05, 0) is 42.7 Å². The van der Waals surface area contributed by atoms with E-state index in [-0.39, 0.29) is 5.97 Å². The molecular formula is C16H21NO3. The quantitative estimate of drug-likeness (QED) is 0.839. The van der Waals surface area contributed by atoms with Gasteiger partial charge in [-0.25, -0.2) is 0 Å². The Morgan fingerprint density at radius 1 is 1.35 bits per heavy atom. The van der Waals surface area contributed by atoms with Crippen LogP contribution in [-0.4, -0.2) is 42.7 Å². The van der Waals surface area contributed by atoms with Crippen molar-refractivity contribution in [1.29, 1.82) is 0 Å². The molecule has 0 radical (unpaired) electrons. The first kappa shape index (κ1) is 14.6. The molecule has 0 amide bonds. The molecule has 0 aromatic heterocycles. The number of rotatable bonds is 5. The Kier molecular flexibility index (Phi) is 5.18. The van der Waals surface area contributed by atoms with Gasteiger partial charge in [0.15, 0.2) is 0 Å². The number of carbonyl (C=O) groups excluding carboxylic acids is 1. The third-order valence-corrected chi connectivity index (χ3v) is 3.61. The first-order valence-corrected chi connectivity index (χ1v) is 6.96. The molecule has 1 heterocycles. The Morgan fingerprint density at radius 3 is 2.70 bits per heavy atom. The summed E-state index contributed by atoms with van der Waals surface area (Å²) < 4.78 is 4.63. The van der Waals surface area contributed by atoms with Crippen LogP contribution in [0.15, 0.2) is 30.3 Å². The third kappa shape index (κ3) is 4.10. The van der Waals surface area contributed by atoms with E-state index in [1.165, 1.54) is 18.2 Å². The summed E-state index contributed by atoms with van der Waals surface area (Å²) in [5.41, 5.74) is 2.51. The average molecular weight is 275 g/mol. The van der Waals surface area contributed by atoms with Crippen molar-refractivity contribution in [1.82, 2.24) is 4.90 Å². The number of nitrogens with zero attached hydrogens (tertiary/aromatic N) is 1. The molecular weight excluding hydrogens is 254 g/mol. The highest BCUT2D eigenvalue weighted by atomic mass is 16.5. The topological polar surface area (TPSA) is 49.8 Å². The lowest BCUT2D eigenvalue weighted by Gasteiger charge is -2.26. The maximum absolute atomic E-state index is 11.0. The molecule has 0 atom stereocenters. The van der Waals surface area contributed by atoms with Gasteiger partial charge in [0.25, 0.3) is 0 Å². The molecule has 0 saturated carbocycles. The zero-order valence-electron chi connectivity index (χ0n) is 11.8. The second kappa shape index (κ2) is 7.10. The first-order valence-electron chi connectivity index (χ1n) is 6.96. The van der Waals surface area contributed by atoms with Crippen molar-refractivity contribution in [2.75, 3.05) is 26.7 Å². The van der Waals surface area contributed by atoms with Crippen molar-refractivity contribution in [2.24, 2.45) is 0 Å². The molecule has 1 N–H and O–H groups in total. The molecule has 4 nitrogen and oxygen atoms in total. The van der Waals surface area contributed by atoms with E-state index in [1.807, 2.05) is 12.1 Å². The van der Waals surface area contributed by atoms with Gasteiger partial charge in [-0.15, -0.1) is 0 Å². The summed E-state index contributed by atoms with van der Waals surface area (Å²) in [5, 5.41) is 9.29. The van der Waals surface area contributed by atoms with Crippen molar-refractivity contribution in [3.63, 3.8) is 0 Å². The van der Waals surface area contributed by atoms with Crippen LogP contribution in [0, 0.1) is 0 Å². The van der Waals surface area contributed by atoms with Crippen LogP contribution in [0.3, 0.4) is 0 Å². The molecule has 1 aromatic carbocycles. The number of esters is 1. The lowest BCUT2D eigenvalue weighted by Crippen LogP contribution is -2.29. The van der Waals surface area contributed by atoms with E-state index in [0.29, 0.717) is 12.2 Å². The lowest BCUT2D eigenvalue weighted by molar-refractivity contribution is -0.140. The Bertz CT molecular complexity index is 479. The lowest BCUT2D eigenvalue weighted by atomic mass is 9.99. The monoisotopic (exact) mass is 275 g/mol. The maximum atomic E-state index is 11.0. The average Bonchev–Trinajstić information content (AvgIpc) is 2.48. The smallest absolute Gasteiger partial charge is 0.305 e. The van der Waals surface area contributed by atoms with E-state index in [4.69, 9.17) is 0 Å². The fourth-order valence-electron chi connectivity index (χ4n) is 2.40. The first-order chi connectivity index (χ1) is 9.69. The molecule has 4 heteroatoms. The molecule has 20 heavy (non-hydrogen) atoms. The van der Waals surface area contributed by atoms with Crippen molar-refractivity contribution in [3.05, 3.63) is 35.9 Å². The summed E-state index contributed by atoms with van der Waals surface area (Å²) in [4.78, 5) is 13.4. The van der Waals surface area contributed by atoms with Gasteiger partial charge in [0.1, 0.15) is 5.75 Å². The van der Waals surface area contributed by atoms with E-state index in [9.17, 15) is 9.90 Å². The zero-order valence-corrected chi connectivity index (χ0v) is 11.8. The highest BCUT2D eigenvalue weighted by molar-refractivity contribution is 5.69. The highest BCUT2D eigenvalue weighted by Crippen LogP contribution is 2.24. The molecule has 0 bridgehead atoms. The Morgan fingerprint density at radius 2 is 2.10 bits per heavy atom. The summed E-state index contributed by atoms with van der Waals surface area (Å²) in [7, 11) is 1.43. The minimum atomic E-state index is -0.137. The molecule has 0 fully saturated rings. The van der Waals surface area contributed by atoms with Gasteiger partial charge in [-0.2, -0.15) is 0 Å². The van der Waals surface area contributed by atoms with Crippen molar-refractivity contribution in [3.8, 4) is 5.75 Å². The molecule has 1 aromatic rings. The molecule has 1 aliphatic rings. The van der Waals surface area contributed by atoms with Crippen LogP contribution >= 0.6 is 0 Å². The number of ether oxygens (including phenoxy) is 1. The Hall–Kier alpha value is -1.81. The molecule has 0 unspecified atom stereocenters. The number of hydrogen-bond acceptors (Lipinski definition) is 4. The largest absolute Gasteiger partial charge is 0.508 e. The molecule has 108 valence electrons. The Labute approximate surface area is 119 Å². The fraction of sp³-hybridized carbons (Fsp3) is 0.438. The normalized spacial score (nSPS) is 15.8. The number of methoxy groups -OCH3 is 1. The summed E-state index contributed by atoms with van der Waals surface area (Å²) in [5.74, 6) is 0.164. The number of benzene rings is 1. The second-order valence-electron chi connectivity index (χ2n) is 5.01. The van der Waals surface area contributed by atoms with E-state index in [2.05, 4.69) is 15.7 Å². The highest BCUT2D eigenvalue weighted by Gasteiger charge is 2.13. The van der Waals surface area contributed by atoms with E-state index in [1.54, 1.807) is 12.1 Å². The van der Waals surface area contributed by atoms with Gasteiger partial charge in [0, 0.05) is 19.5 Å². The maximum Gasteiger partial charge on any atom is 0.305 e. The zero-order chi connectivity index (χ0) is 14.4. The number of aromatic hydroxyl groups is 1. The number of hydrogen-bond donors (Lipinski definition) is 1. The van der Waals surface area contributed by atoms with Gasteiger partial charge >= 0.3 is 5.97 Å². The van der Waals surface area contributed by atoms with Crippen LogP contribution < -0.4 is 0 Å². The van der Waals surface area contributed by atoms with Crippen LogP contribution in [0.1, 0.15) is 24.8 Å². The number of carbonyl (C=O) groups is 1. The standard InChI is InChI=1S/C16H21NO3/c1-20-16(19)3-2-10-17-11-8-14(9-12-17)13-4-6-15(18)7-5-13/h4-8,18H,2-3,9-12H2,1H3. The van der Waals surface area contributed by atoms with Crippen LogP contribution in [0.5, 0.6) is 5.75 Å². The predicted molar refractivity (Wildman–Crippen MR) is 78.4 cm³/mol. The minimum absolute atomic E-state index is 0.137. The predicted octanol–water partition coefficient (Wildman–Crippen LogP) is 2.43. The summed E-state index contributed by atoms with van der Waals surface area (Å²) >= 11 is 0. The number of phenols is 1. The second-order valence-corrected chi connectivity index (χ2v) is 5.01. The van der Waals surface area contributed by atoms with Gasteiger partial charge in [0.05, 0.1) is 7.11 Å². The van der Waals surface area contributed by atoms with Crippen LogP contribution in [-0.2, 0) is 9.53 Å². The van der Waals surface area contributed by atoms with Crippen LogP contribution in [0.25, 0.3) is 5.57 Å². The van der Waals surface area contributed by atoms with Crippen LogP contribution in [0.4, 0.5) is 0 Å². The molecule has 0 saturated heterocycles. The van der Waals surface area contributed by atoms with Crippen molar-refractivity contribution in [2.45, 2.75) is 19.3 Å². The van der Waals surface area contributed by atoms with Gasteiger partial charge in [-0.1, -0.05) is 18.2 Å². The van der Waals surface area contributed by atoms with Crippen LogP contribution in [0.2, 0.25) is 0 Å². The van der Waals surface area contributed by atoms with E-state index in [0.717, 1.165) is 32.5 Å². The molecule has 0 aliphatic carbocycles. The Balaban J connectivity index is 1.81. The summed E-state index contributed by atoms with van der Waals surface area (Å²) in [6, 6.07) is 7.35. The SMILES string of the molecule is COC(=O)CCCN1CC=C(c2ccc(O)cc2)CC1. The van der Waals surface area contributed by atoms with Gasteiger partial charge in [0.2, 0.25) is 0 Å². The van der Waals surface area contributed by atoms with Gasteiger partial charge < -0.3 is 9.84 Å². The molecule has 0 spiro atoms. The van der Waals surface area contributed by atoms with Gasteiger partial charge in [-0.3, -0.25) is 9.69 Å². The van der Waals surface area contributed by atoms with Crippen molar-refractivity contribution < 1.29 is 14.6 Å². The fourth-order valence-corrected chi connectivity index (χ4v) is 2.40. The third-order valence-electron chi connectivity index (χ3n) is 3.61. The summed E-state index contributed by atoms with van der Waals surface area (Å²) in [6.45, 7) is 2.85. The van der Waals surface area contributed by atoms with Crippen molar-refractivity contribution >= 4 is 11.5 Å². The number of phenolic OH excluding ortho intramolecular Hbond substituents is 1. The molecule has 1 aliphatic heterocycles. The molecule has 2 rings (SSSR count). The summed E-state index contributed by atoms with van der Waals surface area (Å²) in [6.07, 6.45) is 4.56. The minimum Gasteiger partial charge on any atom is -0.508 e. The van der Waals surface area contributed by atoms with E-state index < -0.39 is 0 Å².